The number of halogens is 2. The van der Waals surface area contributed by atoms with E-state index in [4.69, 9.17) is 9.47 Å². The molecule has 1 aromatic carbocycles. The van der Waals surface area contributed by atoms with Gasteiger partial charge in [-0.1, -0.05) is 25.1 Å². The van der Waals surface area contributed by atoms with Crippen molar-refractivity contribution in [3.8, 4) is 5.75 Å². The highest BCUT2D eigenvalue weighted by atomic mass is 19.2. The zero-order valence-corrected chi connectivity index (χ0v) is 24.5. The molecule has 1 aliphatic heterocycles. The molecule has 4 aliphatic rings. The SMILES string of the molecule is CC=CC1CCC(C2CCC(C3CCC(C4CCC(c5ccc(OCCC)c(F)c5F)CC4)CC3)CC2)CO1. The highest BCUT2D eigenvalue weighted by molar-refractivity contribution is 5.33. The first-order valence-corrected chi connectivity index (χ1v) is 16.4. The van der Waals surface area contributed by atoms with E-state index in [1.165, 1.54) is 77.0 Å². The molecular weight excluding hydrogens is 490 g/mol. The zero-order chi connectivity index (χ0) is 27.2. The highest BCUT2D eigenvalue weighted by Gasteiger charge is 2.37. The van der Waals surface area contributed by atoms with Crippen molar-refractivity contribution < 1.29 is 18.3 Å². The van der Waals surface area contributed by atoms with Crippen molar-refractivity contribution in [2.75, 3.05) is 13.2 Å². The molecule has 1 saturated heterocycles. The molecule has 0 aromatic heterocycles. The van der Waals surface area contributed by atoms with Gasteiger partial charge < -0.3 is 9.47 Å². The number of rotatable bonds is 8. The molecule has 0 bridgehead atoms. The summed E-state index contributed by atoms with van der Waals surface area (Å²) in [5.41, 5.74) is 0.562. The first-order valence-electron chi connectivity index (χ1n) is 16.4. The smallest absolute Gasteiger partial charge is 0.200 e. The number of hydrogen-bond donors (Lipinski definition) is 0. The summed E-state index contributed by atoms with van der Waals surface area (Å²) in [7, 11) is 0. The Kier molecular flexibility index (Phi) is 10.4. The van der Waals surface area contributed by atoms with Crippen LogP contribution in [0.25, 0.3) is 0 Å². The number of hydrogen-bond acceptors (Lipinski definition) is 2. The maximum Gasteiger partial charge on any atom is 0.200 e. The monoisotopic (exact) mass is 542 g/mol. The van der Waals surface area contributed by atoms with E-state index in [0.717, 1.165) is 61.4 Å². The summed E-state index contributed by atoms with van der Waals surface area (Å²) >= 11 is 0. The van der Waals surface area contributed by atoms with Gasteiger partial charge in [-0.2, -0.15) is 4.39 Å². The minimum Gasteiger partial charge on any atom is -0.490 e. The Morgan fingerprint density at radius 2 is 1.23 bits per heavy atom. The molecule has 1 aromatic rings. The molecule has 218 valence electrons. The summed E-state index contributed by atoms with van der Waals surface area (Å²) in [6.45, 7) is 5.44. The quantitative estimate of drug-likeness (QED) is 0.304. The van der Waals surface area contributed by atoms with Crippen molar-refractivity contribution in [3.63, 3.8) is 0 Å². The van der Waals surface area contributed by atoms with Gasteiger partial charge in [0.1, 0.15) is 0 Å². The van der Waals surface area contributed by atoms with E-state index in [2.05, 4.69) is 19.1 Å². The van der Waals surface area contributed by atoms with E-state index in [9.17, 15) is 8.78 Å². The van der Waals surface area contributed by atoms with Gasteiger partial charge >= 0.3 is 0 Å². The van der Waals surface area contributed by atoms with Crippen LogP contribution in [-0.4, -0.2) is 19.3 Å². The lowest BCUT2D eigenvalue weighted by molar-refractivity contribution is -0.0195. The zero-order valence-electron chi connectivity index (χ0n) is 24.5. The number of ether oxygens (including phenoxy) is 2. The Hall–Kier alpha value is -1.42. The normalized spacial score (nSPS) is 36.2. The lowest BCUT2D eigenvalue weighted by Gasteiger charge is -2.43. The Labute approximate surface area is 236 Å². The van der Waals surface area contributed by atoms with Crippen molar-refractivity contribution in [2.24, 2.45) is 35.5 Å². The second-order valence-electron chi connectivity index (χ2n) is 13.3. The van der Waals surface area contributed by atoms with Crippen LogP contribution in [0.1, 0.15) is 122 Å². The summed E-state index contributed by atoms with van der Waals surface area (Å²) in [5.74, 6) is 3.88. The maximum atomic E-state index is 14.9. The Balaban J connectivity index is 1.03. The summed E-state index contributed by atoms with van der Waals surface area (Å²) in [5, 5.41) is 0. The van der Waals surface area contributed by atoms with Crippen molar-refractivity contribution in [2.45, 2.75) is 122 Å². The average Bonchev–Trinajstić information content (AvgIpc) is 2.99. The van der Waals surface area contributed by atoms with Gasteiger partial charge in [0.15, 0.2) is 11.6 Å². The molecule has 3 aliphatic carbocycles. The third kappa shape index (κ3) is 7.08. The molecule has 5 rings (SSSR count). The van der Waals surface area contributed by atoms with Crippen LogP contribution in [0.2, 0.25) is 0 Å². The van der Waals surface area contributed by atoms with Gasteiger partial charge in [-0.05, 0) is 156 Å². The first kappa shape index (κ1) is 29.1. The molecule has 0 amide bonds. The summed E-state index contributed by atoms with van der Waals surface area (Å²) < 4.78 is 40.9. The Bertz CT molecular complexity index is 913. The van der Waals surface area contributed by atoms with Crippen LogP contribution in [0.3, 0.4) is 0 Å². The lowest BCUT2D eigenvalue weighted by Crippen LogP contribution is -2.34. The van der Waals surface area contributed by atoms with Crippen molar-refractivity contribution >= 4 is 0 Å². The van der Waals surface area contributed by atoms with Gasteiger partial charge in [0.25, 0.3) is 0 Å². The Morgan fingerprint density at radius 1 is 0.718 bits per heavy atom. The third-order valence-corrected chi connectivity index (χ3v) is 11.1. The van der Waals surface area contributed by atoms with Gasteiger partial charge in [-0.25, -0.2) is 4.39 Å². The van der Waals surface area contributed by atoms with E-state index in [1.807, 2.05) is 6.92 Å². The topological polar surface area (TPSA) is 18.5 Å². The minimum atomic E-state index is -0.805. The van der Waals surface area contributed by atoms with Crippen LogP contribution in [-0.2, 0) is 4.74 Å². The van der Waals surface area contributed by atoms with Crippen molar-refractivity contribution in [1.82, 2.24) is 0 Å². The summed E-state index contributed by atoms with van der Waals surface area (Å²) in [6, 6.07) is 3.41. The second-order valence-corrected chi connectivity index (χ2v) is 13.3. The van der Waals surface area contributed by atoms with Crippen LogP contribution in [0.5, 0.6) is 5.75 Å². The highest BCUT2D eigenvalue weighted by Crippen LogP contribution is 2.48. The molecule has 2 atom stereocenters. The molecular formula is C35H52F2O2. The minimum absolute atomic E-state index is 0.0539. The molecule has 0 spiro atoms. The van der Waals surface area contributed by atoms with Crippen LogP contribution in [0, 0.1) is 47.1 Å². The molecule has 4 fully saturated rings. The van der Waals surface area contributed by atoms with Crippen molar-refractivity contribution in [3.05, 3.63) is 41.5 Å². The molecule has 3 saturated carbocycles. The van der Waals surface area contributed by atoms with Crippen molar-refractivity contribution in [1.29, 1.82) is 0 Å². The van der Waals surface area contributed by atoms with Gasteiger partial charge in [0, 0.05) is 0 Å². The van der Waals surface area contributed by atoms with Gasteiger partial charge in [0.05, 0.1) is 19.3 Å². The van der Waals surface area contributed by atoms with Crippen LogP contribution in [0.15, 0.2) is 24.3 Å². The fraction of sp³-hybridized carbons (Fsp3) is 0.771. The fourth-order valence-electron chi connectivity index (χ4n) is 8.79. The van der Waals surface area contributed by atoms with E-state index in [0.29, 0.717) is 18.3 Å². The van der Waals surface area contributed by atoms with E-state index < -0.39 is 11.6 Å². The molecule has 0 radical (unpaired) electrons. The van der Waals surface area contributed by atoms with Crippen LogP contribution < -0.4 is 4.74 Å². The summed E-state index contributed by atoms with van der Waals surface area (Å²) in [4.78, 5) is 0. The van der Waals surface area contributed by atoms with Crippen LogP contribution in [0.4, 0.5) is 8.78 Å². The van der Waals surface area contributed by atoms with E-state index >= 15 is 0 Å². The Morgan fingerprint density at radius 3 is 1.72 bits per heavy atom. The third-order valence-electron chi connectivity index (χ3n) is 11.1. The molecule has 39 heavy (non-hydrogen) atoms. The molecule has 0 N–H and O–H groups in total. The second kappa shape index (κ2) is 14.0. The molecule has 1 heterocycles. The van der Waals surface area contributed by atoms with E-state index in [1.54, 1.807) is 12.1 Å². The predicted molar refractivity (Wildman–Crippen MR) is 155 cm³/mol. The predicted octanol–water partition coefficient (Wildman–Crippen LogP) is 10.0. The fourth-order valence-corrected chi connectivity index (χ4v) is 8.79. The number of allylic oxidation sites excluding steroid dienone is 1. The number of benzene rings is 1. The summed E-state index contributed by atoms with van der Waals surface area (Å²) in [6.07, 6.45) is 23.6. The van der Waals surface area contributed by atoms with E-state index in [-0.39, 0.29) is 11.7 Å². The lowest BCUT2D eigenvalue weighted by atomic mass is 9.64. The first-order chi connectivity index (χ1) is 19.1. The average molecular weight is 543 g/mol. The van der Waals surface area contributed by atoms with Gasteiger partial charge in [-0.15, -0.1) is 0 Å². The standard InChI is InChI=1S/C35H52F2O2/c1-3-5-31-19-18-30(23-39-31)28-12-10-26(11-13-28)24-6-8-25(9-7-24)27-14-16-29(17-15-27)32-20-21-33(38-22-4-2)35(37)34(32)36/h3,5,20-21,24-31H,4,6-19,22-23H2,1-2H3. The molecule has 4 heteroatoms. The van der Waals surface area contributed by atoms with Gasteiger partial charge in [0.2, 0.25) is 5.82 Å². The van der Waals surface area contributed by atoms with Gasteiger partial charge in [-0.3, -0.25) is 0 Å². The van der Waals surface area contributed by atoms with Crippen LogP contribution >= 0.6 is 0 Å². The largest absolute Gasteiger partial charge is 0.490 e. The molecule has 2 unspecified atom stereocenters. The maximum absolute atomic E-state index is 14.9. The molecule has 2 nitrogen and oxygen atoms in total.